The molecular weight excluding hydrogens is 212 g/mol. The Bertz CT molecular complexity index is 226. The van der Waals surface area contributed by atoms with E-state index in [1.807, 2.05) is 0 Å². The molecule has 0 radical (unpaired) electrons. The summed E-state index contributed by atoms with van der Waals surface area (Å²) in [6, 6.07) is 0. The molecule has 2 rings (SSSR count). The summed E-state index contributed by atoms with van der Waals surface area (Å²) in [6.45, 7) is 5.23. The first-order valence-corrected chi connectivity index (χ1v) is 7.35. The lowest BCUT2D eigenvalue weighted by Crippen LogP contribution is -2.51. The lowest BCUT2D eigenvalue weighted by Gasteiger charge is -2.34. The smallest absolute Gasteiger partial charge is 0.0613 e. The highest BCUT2D eigenvalue weighted by atomic mass is 16.5. The number of nitrogens with two attached hydrogens (primary N) is 1. The zero-order valence-electron chi connectivity index (χ0n) is 11.2. The van der Waals surface area contributed by atoms with Crippen molar-refractivity contribution in [2.75, 3.05) is 19.7 Å². The van der Waals surface area contributed by atoms with Crippen molar-refractivity contribution >= 4 is 0 Å². The molecule has 1 heterocycles. The SMILES string of the molecule is CCC1OCCC1CNCC1(N)CCCCC1. The third kappa shape index (κ3) is 3.67. The Balaban J connectivity index is 1.68. The van der Waals surface area contributed by atoms with Crippen LogP contribution in [-0.4, -0.2) is 31.3 Å². The van der Waals surface area contributed by atoms with Gasteiger partial charge in [0.2, 0.25) is 0 Å². The minimum Gasteiger partial charge on any atom is -0.378 e. The van der Waals surface area contributed by atoms with Crippen molar-refractivity contribution in [3.05, 3.63) is 0 Å². The van der Waals surface area contributed by atoms with Crippen LogP contribution in [0, 0.1) is 5.92 Å². The summed E-state index contributed by atoms with van der Waals surface area (Å²) in [6.07, 6.45) is 9.19. The van der Waals surface area contributed by atoms with E-state index in [1.54, 1.807) is 0 Å². The molecule has 17 heavy (non-hydrogen) atoms. The molecule has 0 aromatic carbocycles. The molecule has 2 aliphatic rings. The quantitative estimate of drug-likeness (QED) is 0.773. The minimum atomic E-state index is 0.0689. The molecule has 0 bridgehead atoms. The lowest BCUT2D eigenvalue weighted by molar-refractivity contribution is 0.0867. The van der Waals surface area contributed by atoms with Crippen LogP contribution >= 0.6 is 0 Å². The van der Waals surface area contributed by atoms with E-state index in [1.165, 1.54) is 38.5 Å². The average molecular weight is 240 g/mol. The summed E-state index contributed by atoms with van der Waals surface area (Å²) < 4.78 is 5.71. The van der Waals surface area contributed by atoms with Crippen molar-refractivity contribution in [3.63, 3.8) is 0 Å². The average Bonchev–Trinajstić information content (AvgIpc) is 2.77. The Morgan fingerprint density at radius 2 is 2.06 bits per heavy atom. The molecule has 2 fully saturated rings. The van der Waals surface area contributed by atoms with E-state index in [0.29, 0.717) is 12.0 Å². The Labute approximate surface area is 105 Å². The fraction of sp³-hybridized carbons (Fsp3) is 1.00. The first-order chi connectivity index (χ1) is 8.23. The number of hydrogen-bond donors (Lipinski definition) is 2. The van der Waals surface area contributed by atoms with Crippen molar-refractivity contribution in [2.45, 2.75) is 63.5 Å². The van der Waals surface area contributed by atoms with Gasteiger partial charge in [0.15, 0.2) is 0 Å². The van der Waals surface area contributed by atoms with Gasteiger partial charge in [0, 0.05) is 25.2 Å². The minimum absolute atomic E-state index is 0.0689. The predicted molar refractivity (Wildman–Crippen MR) is 71.0 cm³/mol. The van der Waals surface area contributed by atoms with Gasteiger partial charge in [-0.1, -0.05) is 26.2 Å². The van der Waals surface area contributed by atoms with Crippen molar-refractivity contribution in [3.8, 4) is 0 Å². The number of ether oxygens (including phenoxy) is 1. The second kappa shape index (κ2) is 6.17. The summed E-state index contributed by atoms with van der Waals surface area (Å²) >= 11 is 0. The maximum atomic E-state index is 6.42. The van der Waals surface area contributed by atoms with E-state index in [9.17, 15) is 0 Å². The maximum Gasteiger partial charge on any atom is 0.0613 e. The number of nitrogens with one attached hydrogen (secondary N) is 1. The normalized spacial score (nSPS) is 32.8. The summed E-state index contributed by atoms with van der Waals surface area (Å²) in [5.41, 5.74) is 6.49. The van der Waals surface area contributed by atoms with Crippen molar-refractivity contribution < 1.29 is 4.74 Å². The van der Waals surface area contributed by atoms with Crippen LogP contribution in [0.4, 0.5) is 0 Å². The second-order valence-corrected chi connectivity index (χ2v) is 5.92. The Morgan fingerprint density at radius 1 is 1.29 bits per heavy atom. The molecule has 2 unspecified atom stereocenters. The highest BCUT2D eigenvalue weighted by Gasteiger charge is 2.29. The highest BCUT2D eigenvalue weighted by molar-refractivity contribution is 4.90. The Kier molecular flexibility index (Phi) is 4.83. The van der Waals surface area contributed by atoms with Crippen LogP contribution in [0.2, 0.25) is 0 Å². The largest absolute Gasteiger partial charge is 0.378 e. The third-order valence-corrected chi connectivity index (χ3v) is 4.48. The summed E-state index contributed by atoms with van der Waals surface area (Å²) in [5.74, 6) is 0.701. The monoisotopic (exact) mass is 240 g/mol. The van der Waals surface area contributed by atoms with E-state index in [4.69, 9.17) is 10.5 Å². The zero-order valence-corrected chi connectivity index (χ0v) is 11.2. The van der Waals surface area contributed by atoms with Gasteiger partial charge in [-0.15, -0.1) is 0 Å². The van der Waals surface area contributed by atoms with Crippen LogP contribution in [0.25, 0.3) is 0 Å². The van der Waals surface area contributed by atoms with E-state index in [0.717, 1.165) is 26.1 Å². The van der Waals surface area contributed by atoms with Crippen LogP contribution < -0.4 is 11.1 Å². The molecule has 0 aromatic rings. The van der Waals surface area contributed by atoms with Gasteiger partial charge < -0.3 is 15.8 Å². The molecule has 100 valence electrons. The van der Waals surface area contributed by atoms with Crippen LogP contribution in [-0.2, 0) is 4.74 Å². The second-order valence-electron chi connectivity index (χ2n) is 5.92. The molecule has 1 aliphatic heterocycles. The summed E-state index contributed by atoms with van der Waals surface area (Å²) in [4.78, 5) is 0. The molecule has 2 atom stereocenters. The molecule has 1 saturated heterocycles. The molecule has 0 amide bonds. The van der Waals surface area contributed by atoms with Crippen molar-refractivity contribution in [1.29, 1.82) is 0 Å². The first kappa shape index (κ1) is 13.3. The highest BCUT2D eigenvalue weighted by Crippen LogP contribution is 2.26. The summed E-state index contributed by atoms with van der Waals surface area (Å²) in [7, 11) is 0. The molecular formula is C14H28N2O. The molecule has 3 heteroatoms. The molecule has 1 saturated carbocycles. The fourth-order valence-corrected chi connectivity index (χ4v) is 3.32. The lowest BCUT2D eigenvalue weighted by atomic mass is 9.82. The van der Waals surface area contributed by atoms with Gasteiger partial charge in [-0.25, -0.2) is 0 Å². The van der Waals surface area contributed by atoms with Crippen LogP contribution in [0.3, 0.4) is 0 Å². The van der Waals surface area contributed by atoms with Gasteiger partial charge in [-0.3, -0.25) is 0 Å². The molecule has 1 aliphatic carbocycles. The maximum absolute atomic E-state index is 6.42. The van der Waals surface area contributed by atoms with Crippen LogP contribution in [0.1, 0.15) is 51.9 Å². The van der Waals surface area contributed by atoms with Gasteiger partial charge >= 0.3 is 0 Å². The van der Waals surface area contributed by atoms with Gasteiger partial charge in [-0.2, -0.15) is 0 Å². The molecule has 3 nitrogen and oxygen atoms in total. The predicted octanol–water partition coefficient (Wildman–Crippen LogP) is 2.05. The number of rotatable bonds is 5. The number of hydrogen-bond acceptors (Lipinski definition) is 3. The molecule has 0 spiro atoms. The van der Waals surface area contributed by atoms with E-state index < -0.39 is 0 Å². The van der Waals surface area contributed by atoms with Gasteiger partial charge in [0.05, 0.1) is 6.10 Å². The van der Waals surface area contributed by atoms with Crippen molar-refractivity contribution in [2.24, 2.45) is 11.7 Å². The molecule has 3 N–H and O–H groups in total. The van der Waals surface area contributed by atoms with E-state index in [2.05, 4.69) is 12.2 Å². The van der Waals surface area contributed by atoms with E-state index in [-0.39, 0.29) is 5.54 Å². The van der Waals surface area contributed by atoms with Gasteiger partial charge in [0.1, 0.15) is 0 Å². The van der Waals surface area contributed by atoms with E-state index >= 15 is 0 Å². The Hall–Kier alpha value is -0.120. The third-order valence-electron chi connectivity index (χ3n) is 4.48. The van der Waals surface area contributed by atoms with Gasteiger partial charge in [-0.05, 0) is 31.6 Å². The topological polar surface area (TPSA) is 47.3 Å². The molecule has 0 aromatic heterocycles. The van der Waals surface area contributed by atoms with Crippen LogP contribution in [0.15, 0.2) is 0 Å². The standard InChI is InChI=1S/C14H28N2O/c1-2-13-12(6-9-17-13)10-16-11-14(15)7-4-3-5-8-14/h12-13,16H,2-11,15H2,1H3. The fourth-order valence-electron chi connectivity index (χ4n) is 3.32. The zero-order chi connectivity index (χ0) is 12.1. The Morgan fingerprint density at radius 3 is 2.76 bits per heavy atom. The summed E-state index contributed by atoms with van der Waals surface area (Å²) in [5, 5.41) is 3.60. The van der Waals surface area contributed by atoms with Crippen molar-refractivity contribution in [1.82, 2.24) is 5.32 Å². The van der Waals surface area contributed by atoms with Crippen LogP contribution in [0.5, 0.6) is 0 Å². The van der Waals surface area contributed by atoms with Gasteiger partial charge in [0.25, 0.3) is 0 Å². The first-order valence-electron chi connectivity index (χ1n) is 7.35.